The zero-order valence-corrected chi connectivity index (χ0v) is 17.1. The smallest absolute Gasteiger partial charge is 0.310 e. The van der Waals surface area contributed by atoms with Gasteiger partial charge >= 0.3 is 6.03 Å². The Bertz CT molecular complexity index is 813. The van der Waals surface area contributed by atoms with Gasteiger partial charge in [0.05, 0.1) is 5.71 Å². The van der Waals surface area contributed by atoms with Crippen LogP contribution in [0.15, 0.2) is 29.4 Å². The van der Waals surface area contributed by atoms with E-state index < -0.39 is 6.04 Å². The third-order valence-corrected chi connectivity index (χ3v) is 5.91. The molecule has 150 valence electrons. The number of rotatable bonds is 4. The fourth-order valence-electron chi connectivity index (χ4n) is 4.06. The Kier molecular flexibility index (Phi) is 5.03. The van der Waals surface area contributed by atoms with Gasteiger partial charge in [-0.3, -0.25) is 20.0 Å². The molecule has 3 unspecified atom stereocenters. The van der Waals surface area contributed by atoms with Gasteiger partial charge in [0.25, 0.3) is 5.91 Å². The van der Waals surface area contributed by atoms with Crippen molar-refractivity contribution < 1.29 is 9.59 Å². The number of urea groups is 1. The minimum atomic E-state index is -0.445. The lowest BCUT2D eigenvalue weighted by Gasteiger charge is -2.41. The van der Waals surface area contributed by atoms with Gasteiger partial charge in [0.1, 0.15) is 12.2 Å². The molecule has 3 heterocycles. The second-order valence-corrected chi connectivity index (χ2v) is 7.90. The number of likely N-dealkylation sites (N-methyl/N-ethyl adjacent to an activating group) is 2. The molecule has 3 aliphatic rings. The van der Waals surface area contributed by atoms with Crippen molar-refractivity contribution in [1.82, 2.24) is 25.0 Å². The van der Waals surface area contributed by atoms with Crippen LogP contribution in [0.25, 0.3) is 0 Å². The highest BCUT2D eigenvalue weighted by molar-refractivity contribution is 6.30. The summed E-state index contributed by atoms with van der Waals surface area (Å²) in [7, 11) is 3.27. The van der Waals surface area contributed by atoms with E-state index in [1.165, 1.54) is 11.9 Å². The van der Waals surface area contributed by atoms with Crippen LogP contribution in [-0.2, 0) is 4.79 Å². The van der Waals surface area contributed by atoms with Gasteiger partial charge in [-0.05, 0) is 24.1 Å². The highest BCUT2D eigenvalue weighted by Gasteiger charge is 2.55. The number of benzene rings is 1. The predicted octanol–water partition coefficient (Wildman–Crippen LogP) is 1.57. The molecule has 0 saturated carbocycles. The number of hydrogen-bond donors (Lipinski definition) is 1. The Morgan fingerprint density at radius 3 is 2.61 bits per heavy atom. The van der Waals surface area contributed by atoms with Crippen LogP contribution in [0.2, 0.25) is 5.02 Å². The fraction of sp³-hybridized carbons (Fsp3) is 0.526. The first kappa shape index (κ1) is 19.2. The van der Waals surface area contributed by atoms with Crippen molar-refractivity contribution in [2.45, 2.75) is 38.3 Å². The molecule has 3 amide bonds. The van der Waals surface area contributed by atoms with E-state index in [-0.39, 0.29) is 24.4 Å². The number of carbonyl (C=O) groups is 2. The Balaban J connectivity index is 1.69. The number of hydrogen-bond acceptors (Lipinski definition) is 6. The molecule has 3 atom stereocenters. The largest absolute Gasteiger partial charge is 0.327 e. The molecule has 0 aliphatic carbocycles. The third-order valence-electron chi connectivity index (χ3n) is 5.66. The van der Waals surface area contributed by atoms with E-state index in [0.29, 0.717) is 11.6 Å². The molecule has 2 saturated heterocycles. The molecular formula is C19H25ClN6O2. The zero-order chi connectivity index (χ0) is 20.0. The first-order chi connectivity index (χ1) is 13.4. The van der Waals surface area contributed by atoms with Gasteiger partial charge < -0.3 is 4.90 Å². The van der Waals surface area contributed by atoms with Gasteiger partial charge in [-0.15, -0.1) is 0 Å². The van der Waals surface area contributed by atoms with Crippen molar-refractivity contribution in [2.75, 3.05) is 27.2 Å². The summed E-state index contributed by atoms with van der Waals surface area (Å²) in [6.45, 7) is 3.42. The van der Waals surface area contributed by atoms with Crippen LogP contribution in [-0.4, -0.2) is 83.0 Å². The molecule has 0 spiro atoms. The summed E-state index contributed by atoms with van der Waals surface area (Å²) in [4.78, 5) is 30.2. The van der Waals surface area contributed by atoms with Gasteiger partial charge in [-0.1, -0.05) is 37.1 Å². The SMILES string of the molecule is CCCCN1N=C(c2ccc(Cl)cc2)CN2C3C(=O)N(C)C(=O)N(C)C3NC12. The van der Waals surface area contributed by atoms with Gasteiger partial charge in [-0.25, -0.2) is 9.69 Å². The highest BCUT2D eigenvalue weighted by atomic mass is 35.5. The summed E-state index contributed by atoms with van der Waals surface area (Å²) in [6, 6.07) is 6.85. The normalized spacial score (nSPS) is 27.8. The molecule has 4 rings (SSSR count). The molecule has 1 N–H and O–H groups in total. The van der Waals surface area contributed by atoms with Crippen LogP contribution in [0.3, 0.4) is 0 Å². The predicted molar refractivity (Wildman–Crippen MR) is 107 cm³/mol. The molecule has 0 radical (unpaired) electrons. The summed E-state index contributed by atoms with van der Waals surface area (Å²) >= 11 is 6.03. The minimum absolute atomic E-state index is 0.184. The molecule has 1 aromatic rings. The van der Waals surface area contributed by atoms with Crippen molar-refractivity contribution in [3.63, 3.8) is 0 Å². The number of imide groups is 1. The Labute approximate surface area is 169 Å². The van der Waals surface area contributed by atoms with Crippen LogP contribution >= 0.6 is 11.6 Å². The van der Waals surface area contributed by atoms with Crippen LogP contribution in [0.4, 0.5) is 4.79 Å². The van der Waals surface area contributed by atoms with Gasteiger partial charge in [0, 0.05) is 32.2 Å². The van der Waals surface area contributed by atoms with Crippen LogP contribution in [0.5, 0.6) is 0 Å². The van der Waals surface area contributed by atoms with E-state index in [4.69, 9.17) is 16.7 Å². The summed E-state index contributed by atoms with van der Waals surface area (Å²) in [6.07, 6.45) is 1.44. The average Bonchev–Trinajstić information content (AvgIpc) is 3.09. The lowest BCUT2D eigenvalue weighted by molar-refractivity contribution is -0.137. The lowest BCUT2D eigenvalue weighted by atomic mass is 10.1. The van der Waals surface area contributed by atoms with Crippen molar-refractivity contribution in [2.24, 2.45) is 5.10 Å². The van der Waals surface area contributed by atoms with E-state index >= 15 is 0 Å². The van der Waals surface area contributed by atoms with E-state index in [1.807, 2.05) is 29.3 Å². The second kappa shape index (κ2) is 7.35. The maximum Gasteiger partial charge on any atom is 0.327 e. The van der Waals surface area contributed by atoms with E-state index in [2.05, 4.69) is 17.1 Å². The number of fused-ring (bicyclic) bond motifs is 3. The molecule has 1 aromatic carbocycles. The van der Waals surface area contributed by atoms with E-state index in [1.54, 1.807) is 11.9 Å². The van der Waals surface area contributed by atoms with Crippen LogP contribution in [0.1, 0.15) is 25.3 Å². The van der Waals surface area contributed by atoms with E-state index in [9.17, 15) is 9.59 Å². The average molecular weight is 405 g/mol. The van der Waals surface area contributed by atoms with Crippen molar-refractivity contribution in [3.05, 3.63) is 34.9 Å². The number of carbonyl (C=O) groups excluding carboxylic acids is 2. The molecule has 8 nitrogen and oxygen atoms in total. The molecule has 0 bridgehead atoms. The van der Waals surface area contributed by atoms with Gasteiger partial charge in [-0.2, -0.15) is 5.10 Å². The quantitative estimate of drug-likeness (QED) is 0.824. The Hall–Kier alpha value is -2.16. The van der Waals surface area contributed by atoms with Crippen molar-refractivity contribution in [1.29, 1.82) is 0 Å². The maximum absolute atomic E-state index is 12.9. The van der Waals surface area contributed by atoms with Gasteiger partial charge in [0.15, 0.2) is 6.29 Å². The van der Waals surface area contributed by atoms with Crippen molar-refractivity contribution in [3.8, 4) is 0 Å². The lowest BCUT2D eigenvalue weighted by Crippen LogP contribution is -2.65. The first-order valence-corrected chi connectivity index (χ1v) is 9.96. The summed E-state index contributed by atoms with van der Waals surface area (Å²) in [5.41, 5.74) is 1.87. The maximum atomic E-state index is 12.9. The second-order valence-electron chi connectivity index (χ2n) is 7.46. The summed E-state index contributed by atoms with van der Waals surface area (Å²) in [5, 5.41) is 11.0. The van der Waals surface area contributed by atoms with E-state index in [0.717, 1.165) is 30.7 Å². The Morgan fingerprint density at radius 2 is 1.93 bits per heavy atom. The number of halogens is 1. The molecule has 28 heavy (non-hydrogen) atoms. The van der Waals surface area contributed by atoms with Crippen LogP contribution < -0.4 is 5.32 Å². The first-order valence-electron chi connectivity index (χ1n) is 9.58. The number of amides is 3. The zero-order valence-electron chi connectivity index (χ0n) is 16.3. The van der Waals surface area contributed by atoms with Crippen LogP contribution in [0, 0.1) is 0 Å². The topological polar surface area (TPSA) is 71.5 Å². The number of nitrogens with zero attached hydrogens (tertiary/aromatic N) is 5. The third kappa shape index (κ3) is 3.05. The Morgan fingerprint density at radius 1 is 1.21 bits per heavy atom. The molecule has 3 aliphatic heterocycles. The standard InChI is InChI=1S/C19H25ClN6O2/c1-4-5-10-26-18-21-16-15(17(27)24(3)19(28)23(16)2)25(18)11-14(22-26)12-6-8-13(20)9-7-12/h6-9,15-16,18,21H,4-5,10-11H2,1-3H3. The molecule has 9 heteroatoms. The highest BCUT2D eigenvalue weighted by Crippen LogP contribution is 2.30. The number of nitrogens with one attached hydrogen (secondary N) is 1. The van der Waals surface area contributed by atoms with Gasteiger partial charge in [0.2, 0.25) is 0 Å². The number of hydrazone groups is 1. The van der Waals surface area contributed by atoms with Crippen molar-refractivity contribution >= 4 is 29.3 Å². The molecule has 0 aromatic heterocycles. The summed E-state index contributed by atoms with van der Waals surface area (Å²) in [5.74, 6) is -0.184. The number of unbranched alkanes of at least 4 members (excludes halogenated alkanes) is 1. The molecule has 2 fully saturated rings. The molecular weight excluding hydrogens is 380 g/mol. The summed E-state index contributed by atoms with van der Waals surface area (Å²) < 4.78 is 0. The minimum Gasteiger partial charge on any atom is -0.310 e. The monoisotopic (exact) mass is 404 g/mol. The fourth-order valence-corrected chi connectivity index (χ4v) is 4.19.